The number of terminal acetylenes is 1. The summed E-state index contributed by atoms with van der Waals surface area (Å²) in [6, 6.07) is 9.00. The van der Waals surface area contributed by atoms with Crippen LogP contribution in [0.3, 0.4) is 0 Å². The van der Waals surface area contributed by atoms with Crippen molar-refractivity contribution in [3.8, 4) is 12.3 Å². The standard InChI is InChI=1S/C10H7ClO2/c1-2-9(13-10(11)12)8-6-4-3-5-7-8/h1,3-7,9H. The molecular weight excluding hydrogens is 188 g/mol. The average Bonchev–Trinajstić information content (AvgIpc) is 2.15. The number of rotatable bonds is 2. The van der Waals surface area contributed by atoms with Crippen molar-refractivity contribution in [2.45, 2.75) is 6.10 Å². The third-order valence-corrected chi connectivity index (χ3v) is 1.55. The van der Waals surface area contributed by atoms with Crippen molar-refractivity contribution in [3.05, 3.63) is 35.9 Å². The number of benzene rings is 1. The summed E-state index contributed by atoms with van der Waals surface area (Å²) in [5.41, 5.74) is -0.161. The van der Waals surface area contributed by atoms with Gasteiger partial charge in [0.15, 0.2) is 6.10 Å². The zero-order valence-corrected chi connectivity index (χ0v) is 7.49. The molecule has 13 heavy (non-hydrogen) atoms. The van der Waals surface area contributed by atoms with Crippen LogP contribution >= 0.6 is 11.6 Å². The van der Waals surface area contributed by atoms with E-state index < -0.39 is 11.5 Å². The van der Waals surface area contributed by atoms with Crippen molar-refractivity contribution < 1.29 is 9.53 Å². The van der Waals surface area contributed by atoms with Gasteiger partial charge in [-0.3, -0.25) is 0 Å². The Morgan fingerprint density at radius 2 is 2.08 bits per heavy atom. The molecule has 1 aromatic rings. The molecule has 0 saturated heterocycles. The van der Waals surface area contributed by atoms with Gasteiger partial charge in [-0.2, -0.15) is 0 Å². The van der Waals surface area contributed by atoms with Crippen LogP contribution in [0.15, 0.2) is 30.3 Å². The fourth-order valence-corrected chi connectivity index (χ4v) is 1.01. The van der Waals surface area contributed by atoms with Gasteiger partial charge in [0.1, 0.15) is 0 Å². The molecule has 0 bridgehead atoms. The third-order valence-electron chi connectivity index (χ3n) is 1.46. The van der Waals surface area contributed by atoms with Crippen LogP contribution in [-0.2, 0) is 4.74 Å². The van der Waals surface area contributed by atoms with E-state index in [9.17, 15) is 4.79 Å². The van der Waals surface area contributed by atoms with Gasteiger partial charge in [0.25, 0.3) is 0 Å². The minimum Gasteiger partial charge on any atom is -0.432 e. The van der Waals surface area contributed by atoms with Crippen LogP contribution in [0.4, 0.5) is 4.79 Å². The number of hydrogen-bond acceptors (Lipinski definition) is 2. The summed E-state index contributed by atoms with van der Waals surface area (Å²) in [5, 5.41) is 0. The van der Waals surface area contributed by atoms with Gasteiger partial charge in [-0.25, -0.2) is 4.79 Å². The van der Waals surface area contributed by atoms with Crippen LogP contribution in [-0.4, -0.2) is 5.43 Å². The summed E-state index contributed by atoms with van der Waals surface area (Å²) in [6.45, 7) is 0. The lowest BCUT2D eigenvalue weighted by Crippen LogP contribution is -2.03. The third kappa shape index (κ3) is 2.81. The van der Waals surface area contributed by atoms with Crippen LogP contribution in [0, 0.1) is 12.3 Å². The number of carbonyl (C=O) groups excluding carboxylic acids is 1. The molecule has 0 aliphatic heterocycles. The first-order valence-corrected chi connectivity index (χ1v) is 3.99. The number of halogens is 1. The van der Waals surface area contributed by atoms with Crippen molar-refractivity contribution in [3.63, 3.8) is 0 Å². The Morgan fingerprint density at radius 3 is 2.54 bits per heavy atom. The van der Waals surface area contributed by atoms with Gasteiger partial charge in [0.05, 0.1) is 0 Å². The second kappa shape index (κ2) is 4.54. The Morgan fingerprint density at radius 1 is 1.46 bits per heavy atom. The maximum atomic E-state index is 10.4. The fraction of sp³-hybridized carbons (Fsp3) is 0.100. The molecule has 0 aliphatic carbocycles. The van der Waals surface area contributed by atoms with E-state index in [-0.39, 0.29) is 0 Å². The van der Waals surface area contributed by atoms with Crippen LogP contribution in [0.5, 0.6) is 0 Å². The van der Waals surface area contributed by atoms with E-state index in [4.69, 9.17) is 18.0 Å². The molecule has 1 unspecified atom stereocenters. The van der Waals surface area contributed by atoms with Crippen molar-refractivity contribution >= 4 is 17.0 Å². The summed E-state index contributed by atoms with van der Waals surface area (Å²) in [4.78, 5) is 10.4. The topological polar surface area (TPSA) is 26.3 Å². The molecule has 0 radical (unpaired) electrons. The smallest absolute Gasteiger partial charge is 0.405 e. The van der Waals surface area contributed by atoms with Gasteiger partial charge in [-0.05, 0) is 0 Å². The van der Waals surface area contributed by atoms with Gasteiger partial charge >= 0.3 is 5.43 Å². The molecule has 0 fully saturated rings. The maximum Gasteiger partial charge on any atom is 0.405 e. The molecule has 2 nitrogen and oxygen atoms in total. The molecule has 0 saturated carbocycles. The van der Waals surface area contributed by atoms with E-state index in [2.05, 4.69) is 10.7 Å². The normalized spacial score (nSPS) is 11.4. The van der Waals surface area contributed by atoms with E-state index >= 15 is 0 Å². The van der Waals surface area contributed by atoms with Gasteiger partial charge in [0, 0.05) is 17.2 Å². The van der Waals surface area contributed by atoms with Crippen molar-refractivity contribution in [1.82, 2.24) is 0 Å². The highest BCUT2D eigenvalue weighted by atomic mass is 35.5. The van der Waals surface area contributed by atoms with Gasteiger partial charge in [-0.15, -0.1) is 6.42 Å². The largest absolute Gasteiger partial charge is 0.432 e. The first kappa shape index (κ1) is 9.63. The maximum absolute atomic E-state index is 10.4. The molecule has 0 heterocycles. The molecule has 66 valence electrons. The minimum absolute atomic E-state index is 0.703. The van der Waals surface area contributed by atoms with E-state index in [1.165, 1.54) is 0 Å². The van der Waals surface area contributed by atoms with E-state index in [0.29, 0.717) is 0 Å². The lowest BCUT2D eigenvalue weighted by Gasteiger charge is -2.09. The lowest BCUT2D eigenvalue weighted by atomic mass is 10.1. The van der Waals surface area contributed by atoms with Crippen molar-refractivity contribution in [2.24, 2.45) is 0 Å². The highest BCUT2D eigenvalue weighted by Gasteiger charge is 2.10. The highest BCUT2D eigenvalue weighted by molar-refractivity contribution is 6.61. The average molecular weight is 195 g/mol. The summed E-state index contributed by atoms with van der Waals surface area (Å²) >= 11 is 5.04. The summed E-state index contributed by atoms with van der Waals surface area (Å²) in [7, 11) is 0. The molecule has 0 aromatic heterocycles. The molecule has 1 rings (SSSR count). The van der Waals surface area contributed by atoms with Gasteiger partial charge < -0.3 is 4.74 Å². The van der Waals surface area contributed by atoms with Crippen LogP contribution in [0.2, 0.25) is 0 Å². The Hall–Kier alpha value is -1.46. The lowest BCUT2D eigenvalue weighted by molar-refractivity contribution is 0.150. The van der Waals surface area contributed by atoms with Crippen LogP contribution in [0.25, 0.3) is 0 Å². The van der Waals surface area contributed by atoms with Crippen LogP contribution in [0.1, 0.15) is 11.7 Å². The Labute approximate surface area is 81.5 Å². The predicted molar refractivity (Wildman–Crippen MR) is 50.4 cm³/mol. The van der Waals surface area contributed by atoms with E-state index in [0.717, 1.165) is 5.56 Å². The SMILES string of the molecule is C#CC(OC(=O)Cl)c1ccccc1. The number of hydrogen-bond donors (Lipinski definition) is 0. The summed E-state index contributed by atoms with van der Waals surface area (Å²) in [6.07, 6.45) is 4.46. The fourth-order valence-electron chi connectivity index (χ4n) is 0.919. The minimum atomic E-state index is -0.896. The first-order chi connectivity index (χ1) is 6.24. The Balaban J connectivity index is 2.80. The van der Waals surface area contributed by atoms with E-state index in [1.54, 1.807) is 12.1 Å². The molecule has 1 atom stereocenters. The van der Waals surface area contributed by atoms with E-state index in [1.807, 2.05) is 18.2 Å². The molecule has 0 aliphatic rings. The second-order valence-corrected chi connectivity index (χ2v) is 2.62. The second-order valence-electron chi connectivity index (χ2n) is 2.31. The highest BCUT2D eigenvalue weighted by Crippen LogP contribution is 2.16. The van der Waals surface area contributed by atoms with Crippen molar-refractivity contribution in [1.29, 1.82) is 0 Å². The first-order valence-electron chi connectivity index (χ1n) is 3.61. The summed E-state index contributed by atoms with van der Waals surface area (Å²) < 4.78 is 4.68. The monoisotopic (exact) mass is 194 g/mol. The number of carbonyl (C=O) groups is 1. The zero-order chi connectivity index (χ0) is 9.68. The van der Waals surface area contributed by atoms with Crippen LogP contribution < -0.4 is 0 Å². The van der Waals surface area contributed by atoms with Gasteiger partial charge in [-0.1, -0.05) is 36.3 Å². The molecule has 1 aromatic carbocycles. The predicted octanol–water partition coefficient (Wildman–Crippen LogP) is 2.74. The summed E-state index contributed by atoms with van der Waals surface area (Å²) in [5.74, 6) is 2.32. The van der Waals surface area contributed by atoms with Gasteiger partial charge in [0.2, 0.25) is 0 Å². The molecule has 0 N–H and O–H groups in total. The molecule has 0 spiro atoms. The molecule has 0 amide bonds. The Bertz CT molecular complexity index is 327. The quantitative estimate of drug-likeness (QED) is 0.535. The Kier molecular flexibility index (Phi) is 3.36. The zero-order valence-electron chi connectivity index (χ0n) is 6.74. The van der Waals surface area contributed by atoms with Crippen molar-refractivity contribution in [2.75, 3.05) is 0 Å². The molecular formula is C10H7ClO2. The molecule has 3 heteroatoms. The number of ether oxygens (including phenoxy) is 1.